The second-order valence-electron chi connectivity index (χ2n) is 7.68. The molecule has 6 heteroatoms. The summed E-state index contributed by atoms with van der Waals surface area (Å²) in [6.07, 6.45) is 34.4. The molecule has 1 aliphatic rings. The lowest BCUT2D eigenvalue weighted by Gasteiger charge is -2.21. The molecule has 0 fully saturated rings. The summed E-state index contributed by atoms with van der Waals surface area (Å²) in [5.74, 6) is 46.2. The van der Waals surface area contributed by atoms with Gasteiger partial charge in [0.15, 0.2) is 0 Å². The fourth-order valence-electron chi connectivity index (χ4n) is 2.64. The number of rotatable bonds is 6. The molecule has 0 aromatic rings. The third kappa shape index (κ3) is 7.36. The average molecular weight is 553 g/mol. The fourth-order valence-corrected chi connectivity index (χ4v) is 2.64. The minimum atomic E-state index is -1.88. The Morgan fingerprint density at radius 2 is 0.381 bits per heavy atom. The van der Waals surface area contributed by atoms with E-state index >= 15 is 0 Å². The number of methoxy groups -OCH3 is 6. The van der Waals surface area contributed by atoms with Crippen LogP contribution in [0.5, 0.6) is 0 Å². The van der Waals surface area contributed by atoms with Crippen LogP contribution in [-0.2, 0) is 28.4 Å². The van der Waals surface area contributed by atoms with Crippen LogP contribution >= 0.6 is 0 Å². The van der Waals surface area contributed by atoms with E-state index in [1.807, 2.05) is 0 Å². The molecule has 0 saturated carbocycles. The minimum Gasteiger partial charge on any atom is -0.345 e. The summed E-state index contributed by atoms with van der Waals surface area (Å²) in [5, 5.41) is 0. The highest BCUT2D eigenvalue weighted by Crippen LogP contribution is 2.17. The second-order valence-corrected chi connectivity index (χ2v) is 7.68. The monoisotopic (exact) mass is 552 g/mol. The van der Waals surface area contributed by atoms with Gasteiger partial charge in [-0.05, 0) is 107 Å². The Bertz CT molecular complexity index is 1340. The Morgan fingerprint density at radius 1 is 0.286 bits per heavy atom. The molecular weight excluding hydrogens is 528 g/mol. The van der Waals surface area contributed by atoms with Gasteiger partial charge < -0.3 is 28.4 Å². The highest BCUT2D eigenvalue weighted by atomic mass is 16.5. The van der Waals surface area contributed by atoms with Gasteiger partial charge in [-0.1, -0.05) is 0 Å². The van der Waals surface area contributed by atoms with E-state index in [-0.39, 0.29) is 0 Å². The van der Waals surface area contributed by atoms with Crippen LogP contribution in [-0.4, -0.2) is 76.3 Å². The van der Waals surface area contributed by atoms with Crippen molar-refractivity contribution in [1.29, 1.82) is 0 Å². The zero-order valence-electron chi connectivity index (χ0n) is 23.9. The van der Waals surface area contributed by atoms with Crippen molar-refractivity contribution in [2.75, 3.05) is 42.7 Å². The molecule has 0 radical (unpaired) electrons. The Morgan fingerprint density at radius 3 is 0.429 bits per heavy atom. The van der Waals surface area contributed by atoms with E-state index in [2.05, 4.69) is 107 Å². The molecule has 0 unspecified atom stereocenters. The molecule has 0 heterocycles. The molecule has 1 aliphatic carbocycles. The van der Waals surface area contributed by atoms with Crippen molar-refractivity contribution in [2.45, 2.75) is 33.6 Å². The van der Waals surface area contributed by atoms with Crippen LogP contribution in [0.15, 0.2) is 0 Å². The Labute approximate surface area is 249 Å². The van der Waals surface area contributed by atoms with E-state index in [4.69, 9.17) is 67.0 Å². The molecule has 42 heavy (non-hydrogen) atoms. The van der Waals surface area contributed by atoms with Crippen molar-refractivity contribution >= 4 is 0 Å². The molecule has 0 atom stereocenters. The van der Waals surface area contributed by atoms with E-state index in [0.29, 0.717) is 0 Å². The molecular formula is C36H24O6. The summed E-state index contributed by atoms with van der Waals surface area (Å²) in [7, 11) is 7.60. The van der Waals surface area contributed by atoms with Gasteiger partial charge in [0.1, 0.15) is 0 Å². The van der Waals surface area contributed by atoms with Gasteiger partial charge in [0.05, 0.1) is 0 Å². The van der Waals surface area contributed by atoms with Crippen LogP contribution < -0.4 is 0 Å². The summed E-state index contributed by atoms with van der Waals surface area (Å²) in [4.78, 5) is 0. The normalized spacial score (nSPS) is 32.6. The largest absolute Gasteiger partial charge is 0.345 e. The van der Waals surface area contributed by atoms with Gasteiger partial charge in [-0.15, -0.1) is 38.5 Å². The van der Waals surface area contributed by atoms with Crippen molar-refractivity contribution in [3.63, 3.8) is 0 Å². The third-order valence-electron chi connectivity index (χ3n) is 5.54. The van der Waals surface area contributed by atoms with Crippen molar-refractivity contribution < 1.29 is 28.4 Å². The van der Waals surface area contributed by atoms with Crippen LogP contribution in [0.4, 0.5) is 0 Å². The summed E-state index contributed by atoms with van der Waals surface area (Å²) in [6.45, 7) is 0. The Hall–Kier alpha value is -5.52. The topological polar surface area (TPSA) is 55.4 Å². The fraction of sp³-hybridized carbons (Fsp3) is 0.333. The van der Waals surface area contributed by atoms with E-state index < -0.39 is 33.6 Å². The average Bonchev–Trinajstić information content (AvgIpc) is 3.05. The maximum absolute atomic E-state index is 5.74. The van der Waals surface area contributed by atoms with E-state index in [9.17, 15) is 0 Å². The SMILES string of the molecule is C#CC1(OC)C#CC(C#C)(OC)C#CC(C#C)(OC)C#CC(C#C)(OC)C#CC(C#C)(OC)C#CC(C#C)(OC)C#C1. The maximum Gasteiger partial charge on any atom is 0.253 e. The molecule has 0 aliphatic heterocycles. The summed E-state index contributed by atoms with van der Waals surface area (Å²) < 4.78 is 32.6. The van der Waals surface area contributed by atoms with Gasteiger partial charge in [-0.25, -0.2) is 0 Å². The molecule has 0 bridgehead atoms. The van der Waals surface area contributed by atoms with Crippen LogP contribution in [0, 0.1) is 145 Å². The van der Waals surface area contributed by atoms with Gasteiger partial charge >= 0.3 is 0 Å². The van der Waals surface area contributed by atoms with Gasteiger partial charge in [0, 0.05) is 42.7 Å². The highest BCUT2D eigenvalue weighted by Gasteiger charge is 2.33. The van der Waals surface area contributed by atoms with Crippen molar-refractivity contribution in [3.05, 3.63) is 0 Å². The summed E-state index contributed by atoms with van der Waals surface area (Å²) in [5.41, 5.74) is -11.3. The lowest BCUT2D eigenvalue weighted by molar-refractivity contribution is 0.121. The Kier molecular flexibility index (Phi) is 11.7. The van der Waals surface area contributed by atoms with Crippen molar-refractivity contribution in [3.8, 4) is 145 Å². The first-order valence-corrected chi connectivity index (χ1v) is 11.4. The van der Waals surface area contributed by atoms with Crippen LogP contribution in [0.2, 0.25) is 0 Å². The smallest absolute Gasteiger partial charge is 0.253 e. The molecule has 0 aromatic heterocycles. The predicted octanol–water partition coefficient (Wildman–Crippen LogP) is 0.131. The summed E-state index contributed by atoms with van der Waals surface area (Å²) >= 11 is 0. The minimum absolute atomic E-state index is 1.27. The molecule has 1 rings (SSSR count). The number of terminal acetylenes is 6. The number of hydrogen-bond acceptors (Lipinski definition) is 6. The predicted molar refractivity (Wildman–Crippen MR) is 158 cm³/mol. The zero-order valence-corrected chi connectivity index (χ0v) is 23.9. The van der Waals surface area contributed by atoms with E-state index in [0.717, 1.165) is 0 Å². The third-order valence-corrected chi connectivity index (χ3v) is 5.54. The first-order valence-electron chi connectivity index (χ1n) is 11.4. The lowest BCUT2D eigenvalue weighted by atomic mass is 9.95. The highest BCUT2D eigenvalue weighted by molar-refractivity contribution is 5.56. The zero-order chi connectivity index (χ0) is 32.0. The first kappa shape index (κ1) is 34.5. The lowest BCUT2D eigenvalue weighted by Crippen LogP contribution is -2.34. The molecule has 204 valence electrons. The molecule has 0 N–H and O–H groups in total. The number of ether oxygens (including phenoxy) is 6. The number of hydrogen-bond donors (Lipinski definition) is 0. The molecule has 0 saturated heterocycles. The van der Waals surface area contributed by atoms with Crippen molar-refractivity contribution in [2.24, 2.45) is 0 Å². The molecule has 6 nitrogen and oxygen atoms in total. The van der Waals surface area contributed by atoms with Crippen LogP contribution in [0.25, 0.3) is 0 Å². The van der Waals surface area contributed by atoms with Gasteiger partial charge in [-0.3, -0.25) is 0 Å². The second kappa shape index (κ2) is 14.2. The Balaban J connectivity index is 4.49. The van der Waals surface area contributed by atoms with Gasteiger partial charge in [-0.2, -0.15) is 0 Å². The van der Waals surface area contributed by atoms with Gasteiger partial charge in [0.25, 0.3) is 33.6 Å². The van der Waals surface area contributed by atoms with Crippen LogP contribution in [0.3, 0.4) is 0 Å². The molecule has 0 aromatic carbocycles. The van der Waals surface area contributed by atoms with Crippen molar-refractivity contribution in [1.82, 2.24) is 0 Å². The summed E-state index contributed by atoms with van der Waals surface area (Å²) in [6, 6.07) is 0. The quantitative estimate of drug-likeness (QED) is 0.437. The van der Waals surface area contributed by atoms with E-state index in [1.165, 1.54) is 42.7 Å². The standard InChI is InChI=1S/C36H24O6/c1-13-31(37-7)19-21-32(14-2,38-8)23-25-34(16-4,40-10)27-29-36(18-6,42-12)30-28-35(17-5,41-11)26-24-33(15-3,39-9)22-20-31/h1-6H,7-12H3. The molecule has 0 amide bonds. The molecule has 0 spiro atoms. The van der Waals surface area contributed by atoms with Crippen LogP contribution in [0.1, 0.15) is 0 Å². The maximum atomic E-state index is 5.74. The first-order chi connectivity index (χ1) is 20.0. The van der Waals surface area contributed by atoms with E-state index in [1.54, 1.807) is 0 Å². The van der Waals surface area contributed by atoms with Gasteiger partial charge in [0.2, 0.25) is 0 Å².